The molecule has 0 spiro atoms. The standard InChI is InChI=1S/C20H14Cl2F3NO3/c1-10-18(15(28)9-5-11-4-8-14(27)17(22)16(11)21)29-19(26-10)12-2-6-13(7-3-12)20(23,24)25/h2-4,6-8,27H,5,9H2,1H3. The Balaban J connectivity index is 1.76. The molecule has 0 unspecified atom stereocenters. The van der Waals surface area contributed by atoms with Crippen molar-refractivity contribution in [3.63, 3.8) is 0 Å². The smallest absolute Gasteiger partial charge is 0.416 e. The Morgan fingerprint density at radius 2 is 1.76 bits per heavy atom. The van der Waals surface area contributed by atoms with E-state index in [4.69, 9.17) is 27.6 Å². The summed E-state index contributed by atoms with van der Waals surface area (Å²) in [5.74, 6) is -0.404. The summed E-state index contributed by atoms with van der Waals surface area (Å²) in [4.78, 5) is 16.7. The normalized spacial score (nSPS) is 11.7. The number of halogens is 5. The summed E-state index contributed by atoms with van der Waals surface area (Å²) < 4.78 is 43.6. The van der Waals surface area contributed by atoms with Crippen LogP contribution in [0.25, 0.3) is 11.5 Å². The number of aryl methyl sites for hydroxylation is 2. The van der Waals surface area contributed by atoms with Crippen molar-refractivity contribution in [1.82, 2.24) is 4.98 Å². The number of carbonyl (C=O) groups is 1. The molecule has 0 aliphatic heterocycles. The van der Waals surface area contributed by atoms with E-state index in [2.05, 4.69) is 4.98 Å². The maximum Gasteiger partial charge on any atom is 0.416 e. The predicted molar refractivity (Wildman–Crippen MR) is 102 cm³/mol. The highest BCUT2D eigenvalue weighted by atomic mass is 35.5. The summed E-state index contributed by atoms with van der Waals surface area (Å²) in [7, 11) is 0. The van der Waals surface area contributed by atoms with Crippen molar-refractivity contribution in [2.45, 2.75) is 25.9 Å². The molecule has 29 heavy (non-hydrogen) atoms. The van der Waals surface area contributed by atoms with E-state index in [9.17, 15) is 23.1 Å². The van der Waals surface area contributed by atoms with Crippen molar-refractivity contribution in [3.8, 4) is 17.2 Å². The Morgan fingerprint density at radius 3 is 2.38 bits per heavy atom. The fourth-order valence-electron chi connectivity index (χ4n) is 2.71. The first-order valence-corrected chi connectivity index (χ1v) is 9.17. The highest BCUT2D eigenvalue weighted by molar-refractivity contribution is 6.43. The molecule has 0 atom stereocenters. The van der Waals surface area contributed by atoms with Crippen LogP contribution in [-0.2, 0) is 12.6 Å². The van der Waals surface area contributed by atoms with Gasteiger partial charge in [0.2, 0.25) is 5.89 Å². The van der Waals surface area contributed by atoms with Crippen LogP contribution in [0.2, 0.25) is 10.0 Å². The van der Waals surface area contributed by atoms with Crippen molar-refractivity contribution < 1.29 is 27.5 Å². The third-order valence-corrected chi connectivity index (χ3v) is 5.18. The number of carbonyl (C=O) groups excluding carboxylic acids is 1. The lowest BCUT2D eigenvalue weighted by atomic mass is 10.1. The molecule has 9 heteroatoms. The number of aromatic hydroxyl groups is 1. The summed E-state index contributed by atoms with van der Waals surface area (Å²) in [5, 5.41) is 9.70. The Morgan fingerprint density at radius 1 is 1.10 bits per heavy atom. The molecule has 3 aromatic rings. The number of phenols is 1. The zero-order valence-corrected chi connectivity index (χ0v) is 16.5. The van der Waals surface area contributed by atoms with Gasteiger partial charge in [-0.15, -0.1) is 0 Å². The Labute approximate surface area is 173 Å². The third kappa shape index (κ3) is 4.57. The molecule has 1 aromatic heterocycles. The van der Waals surface area contributed by atoms with Gasteiger partial charge in [-0.2, -0.15) is 13.2 Å². The van der Waals surface area contributed by atoms with Gasteiger partial charge in [-0.3, -0.25) is 4.79 Å². The molecule has 0 aliphatic rings. The molecular weight excluding hydrogens is 430 g/mol. The van der Waals surface area contributed by atoms with Crippen molar-refractivity contribution in [3.05, 3.63) is 69.0 Å². The van der Waals surface area contributed by atoms with Gasteiger partial charge in [0.25, 0.3) is 0 Å². The first kappa shape index (κ1) is 21.2. The van der Waals surface area contributed by atoms with Gasteiger partial charge in [-0.05, 0) is 49.2 Å². The molecule has 0 saturated carbocycles. The molecule has 2 aromatic carbocycles. The molecule has 1 heterocycles. The van der Waals surface area contributed by atoms with Gasteiger partial charge in [0.15, 0.2) is 11.5 Å². The number of Topliss-reactive ketones (excluding diaryl/α,β-unsaturated/α-hetero) is 1. The van der Waals surface area contributed by atoms with Gasteiger partial charge in [-0.25, -0.2) is 4.98 Å². The topological polar surface area (TPSA) is 63.3 Å². The summed E-state index contributed by atoms with van der Waals surface area (Å²) >= 11 is 12.0. The second-order valence-corrected chi connectivity index (χ2v) is 7.06. The lowest BCUT2D eigenvalue weighted by molar-refractivity contribution is -0.137. The van der Waals surface area contributed by atoms with E-state index >= 15 is 0 Å². The van der Waals surface area contributed by atoms with Crippen molar-refractivity contribution in [2.75, 3.05) is 0 Å². The number of benzene rings is 2. The number of hydrogen-bond acceptors (Lipinski definition) is 4. The van der Waals surface area contributed by atoms with Gasteiger partial charge in [0.1, 0.15) is 10.8 Å². The minimum atomic E-state index is -4.44. The predicted octanol–water partition coefficient (Wildman–Crippen LogP) is 6.50. The zero-order chi connectivity index (χ0) is 21.3. The minimum absolute atomic E-state index is 0.0112. The molecule has 0 saturated heterocycles. The van der Waals surface area contributed by atoms with Crippen LogP contribution in [0.3, 0.4) is 0 Å². The number of aromatic nitrogens is 1. The number of ketones is 1. The van der Waals surface area contributed by atoms with Crippen LogP contribution in [0, 0.1) is 6.92 Å². The van der Waals surface area contributed by atoms with Crippen LogP contribution in [-0.4, -0.2) is 15.9 Å². The quantitative estimate of drug-likeness (QED) is 0.457. The molecule has 0 fully saturated rings. The number of phenolic OH excluding ortho intramolecular Hbond substituents is 1. The minimum Gasteiger partial charge on any atom is -0.506 e. The summed E-state index contributed by atoms with van der Waals surface area (Å²) in [5.41, 5.74) is 0.460. The van der Waals surface area contributed by atoms with Gasteiger partial charge >= 0.3 is 6.18 Å². The van der Waals surface area contributed by atoms with Crippen LogP contribution in [0.1, 0.15) is 33.8 Å². The van der Waals surface area contributed by atoms with E-state index in [-0.39, 0.29) is 46.1 Å². The maximum absolute atomic E-state index is 12.7. The highest BCUT2D eigenvalue weighted by Gasteiger charge is 2.30. The SMILES string of the molecule is Cc1nc(-c2ccc(C(F)(F)F)cc2)oc1C(=O)CCc1ccc(O)c(Cl)c1Cl. The molecule has 152 valence electrons. The molecular formula is C20H14Cl2F3NO3. The van der Waals surface area contributed by atoms with Crippen LogP contribution < -0.4 is 0 Å². The average Bonchev–Trinajstić information content (AvgIpc) is 3.06. The summed E-state index contributed by atoms with van der Waals surface area (Å²) in [6, 6.07) is 7.27. The highest BCUT2D eigenvalue weighted by Crippen LogP contribution is 2.35. The lowest BCUT2D eigenvalue weighted by Crippen LogP contribution is -2.03. The molecule has 0 amide bonds. The van der Waals surface area contributed by atoms with Gasteiger partial charge < -0.3 is 9.52 Å². The van der Waals surface area contributed by atoms with Crippen LogP contribution in [0.4, 0.5) is 13.2 Å². The molecule has 1 N–H and O–H groups in total. The van der Waals surface area contributed by atoms with Crippen molar-refractivity contribution >= 4 is 29.0 Å². The van der Waals surface area contributed by atoms with Crippen molar-refractivity contribution in [1.29, 1.82) is 0 Å². The fraction of sp³-hybridized carbons (Fsp3) is 0.200. The molecule has 4 nitrogen and oxygen atoms in total. The van der Waals surface area contributed by atoms with E-state index < -0.39 is 11.7 Å². The fourth-order valence-corrected chi connectivity index (χ4v) is 3.15. The Hall–Kier alpha value is -2.51. The van der Waals surface area contributed by atoms with Crippen LogP contribution in [0.5, 0.6) is 5.75 Å². The number of nitrogens with zero attached hydrogens (tertiary/aromatic N) is 1. The second kappa shape index (κ2) is 8.08. The van der Waals surface area contributed by atoms with E-state index in [0.717, 1.165) is 12.1 Å². The molecule has 0 bridgehead atoms. The van der Waals surface area contributed by atoms with Gasteiger partial charge in [0, 0.05) is 12.0 Å². The lowest BCUT2D eigenvalue weighted by Gasteiger charge is -2.06. The monoisotopic (exact) mass is 443 g/mol. The zero-order valence-electron chi connectivity index (χ0n) is 15.0. The van der Waals surface area contributed by atoms with E-state index in [0.29, 0.717) is 16.8 Å². The molecule has 0 aliphatic carbocycles. The first-order chi connectivity index (χ1) is 13.6. The Kier molecular flexibility index (Phi) is 5.91. The molecule has 0 radical (unpaired) electrons. The largest absolute Gasteiger partial charge is 0.506 e. The number of alkyl halides is 3. The second-order valence-electron chi connectivity index (χ2n) is 6.30. The van der Waals surface area contributed by atoms with Crippen LogP contribution >= 0.6 is 23.2 Å². The molecule has 3 rings (SSSR count). The number of rotatable bonds is 5. The number of oxazole rings is 1. The van der Waals surface area contributed by atoms with E-state index in [1.165, 1.54) is 18.2 Å². The average molecular weight is 444 g/mol. The third-order valence-electron chi connectivity index (χ3n) is 4.27. The van der Waals surface area contributed by atoms with E-state index in [1.54, 1.807) is 13.0 Å². The number of hydrogen-bond donors (Lipinski definition) is 1. The summed E-state index contributed by atoms with van der Waals surface area (Å²) in [6.07, 6.45) is -4.14. The van der Waals surface area contributed by atoms with E-state index in [1.807, 2.05) is 0 Å². The van der Waals surface area contributed by atoms with Gasteiger partial charge in [0.05, 0.1) is 16.3 Å². The summed E-state index contributed by atoms with van der Waals surface area (Å²) in [6.45, 7) is 1.58. The Bertz CT molecular complexity index is 1060. The van der Waals surface area contributed by atoms with Gasteiger partial charge in [-0.1, -0.05) is 29.3 Å². The van der Waals surface area contributed by atoms with Crippen LogP contribution in [0.15, 0.2) is 40.8 Å². The maximum atomic E-state index is 12.7. The first-order valence-electron chi connectivity index (χ1n) is 8.42. The van der Waals surface area contributed by atoms with Crippen molar-refractivity contribution in [2.24, 2.45) is 0 Å².